The summed E-state index contributed by atoms with van der Waals surface area (Å²) >= 11 is 8.26. The first-order chi connectivity index (χ1) is 2.73. The van der Waals surface area contributed by atoms with E-state index in [1.165, 1.54) is 0 Å². The molecule has 0 aromatic rings. The van der Waals surface area contributed by atoms with Crippen LogP contribution in [-0.2, 0) is 29.7 Å². The Hall–Kier alpha value is 0.369. The van der Waals surface area contributed by atoms with E-state index in [4.69, 9.17) is 0 Å². The van der Waals surface area contributed by atoms with E-state index in [2.05, 4.69) is 43.7 Å². The van der Waals surface area contributed by atoms with E-state index in [0.717, 1.165) is 0 Å². The Morgan fingerprint density at radius 3 is 1.57 bits per heavy atom. The first-order valence-corrected chi connectivity index (χ1v) is 2.01. The smallest absolute Gasteiger partial charge is 0.415 e. The molecule has 0 bridgehead atoms. The van der Waals surface area contributed by atoms with Gasteiger partial charge < -0.3 is 30.6 Å². The Labute approximate surface area is 65.2 Å². The molecule has 4 heteroatoms. The van der Waals surface area contributed by atoms with Crippen molar-refractivity contribution in [1.82, 2.24) is 0 Å². The summed E-state index contributed by atoms with van der Waals surface area (Å²) in [5.74, 6) is 0. The molecule has 0 fully saturated rings. The summed E-state index contributed by atoms with van der Waals surface area (Å²) in [7, 11) is 0. The van der Waals surface area contributed by atoms with Crippen LogP contribution in [0.1, 0.15) is 0 Å². The first-order valence-electron chi connectivity index (χ1n) is 1.20. The summed E-state index contributed by atoms with van der Waals surface area (Å²) in [5.41, 5.74) is 4.66. The van der Waals surface area contributed by atoms with Gasteiger partial charge >= 0.3 is 17.1 Å². The molecule has 0 amide bonds. The van der Waals surface area contributed by atoms with Gasteiger partial charge in [0.05, 0.1) is 0 Å². The Morgan fingerprint density at radius 2 is 1.57 bits per heavy atom. The molecule has 0 rings (SSSR count). The Bertz CT molecular complexity index is 44.2. The first kappa shape index (κ1) is 15.7. The molecule has 0 heterocycles. The molecule has 0 spiro atoms. The van der Waals surface area contributed by atoms with Crippen LogP contribution < -0.4 is 5.73 Å². The zero-order chi connectivity index (χ0) is 5.58. The van der Waals surface area contributed by atoms with Crippen molar-refractivity contribution in [2.75, 3.05) is 0 Å². The van der Waals surface area contributed by atoms with E-state index in [1.807, 2.05) is 0 Å². The molecule has 0 aliphatic heterocycles. The molecule has 0 aliphatic carbocycles. The maximum absolute atomic E-state index is 4.66. The minimum Gasteiger partial charge on any atom is -0.415 e. The third kappa shape index (κ3) is 891. The third-order valence-corrected chi connectivity index (χ3v) is 0. The number of rotatable bonds is 0. The second-order valence-corrected chi connectivity index (χ2v) is 1.46. The molecular formula is C3H6CuNS2. The summed E-state index contributed by atoms with van der Waals surface area (Å²) in [5, 5.41) is 0. The fourth-order valence-electron chi connectivity index (χ4n) is 0. The molecule has 0 radical (unpaired) electrons. The molecule has 7 heavy (non-hydrogen) atoms. The van der Waals surface area contributed by atoms with Crippen LogP contribution in [-0.4, -0.2) is 4.32 Å². The van der Waals surface area contributed by atoms with Gasteiger partial charge in [0.25, 0.3) is 0 Å². The van der Waals surface area contributed by atoms with Crippen LogP contribution >= 0.6 is 12.2 Å². The monoisotopic (exact) mass is 183 g/mol. The Kier molecular flexibility index (Phi) is 36.2. The van der Waals surface area contributed by atoms with Crippen molar-refractivity contribution in [2.45, 2.75) is 0 Å². The van der Waals surface area contributed by atoms with Crippen molar-refractivity contribution in [2.24, 2.45) is 5.73 Å². The quantitative estimate of drug-likeness (QED) is 0.258. The minimum absolute atomic E-state index is 0. The number of nitrogens with two attached hydrogens (primary N) is 1. The van der Waals surface area contributed by atoms with E-state index >= 15 is 0 Å². The molecule has 2 N–H and O–H groups in total. The third-order valence-electron chi connectivity index (χ3n) is 0. The largest absolute Gasteiger partial charge is 1.00 e. The van der Waals surface area contributed by atoms with Gasteiger partial charge in [-0.05, 0) is 0 Å². The van der Waals surface area contributed by atoms with Crippen LogP contribution in [0.25, 0.3) is 0 Å². The second kappa shape index (κ2) is 16.2. The van der Waals surface area contributed by atoms with Gasteiger partial charge in [-0.25, -0.2) is 0 Å². The fraction of sp³-hybridized carbons (Fsp3) is 0. The van der Waals surface area contributed by atoms with Gasteiger partial charge in [0.1, 0.15) is 0 Å². The summed E-state index contributed by atoms with van der Waals surface area (Å²) in [6.45, 7) is 6.00. The molecule has 0 unspecified atom stereocenters. The van der Waals surface area contributed by atoms with Crippen LogP contribution in [0.4, 0.5) is 0 Å². The predicted octanol–water partition coefficient (Wildman–Crippen LogP) is 0.577. The summed E-state index contributed by atoms with van der Waals surface area (Å²) in [6.07, 6.45) is 0. The van der Waals surface area contributed by atoms with Crippen LogP contribution in [0.15, 0.2) is 13.2 Å². The zero-order valence-electron chi connectivity index (χ0n) is 3.61. The van der Waals surface area contributed by atoms with Gasteiger partial charge in [0.2, 0.25) is 0 Å². The number of hydrogen-bond acceptors (Lipinski definition) is 2. The van der Waals surface area contributed by atoms with Crippen LogP contribution in [0.3, 0.4) is 0 Å². The average Bonchev–Trinajstić information content (AvgIpc) is 1.41. The van der Waals surface area contributed by atoms with Crippen LogP contribution in [0.2, 0.25) is 0 Å². The fourth-order valence-corrected chi connectivity index (χ4v) is 0. The van der Waals surface area contributed by atoms with Crippen LogP contribution in [0.5, 0.6) is 0 Å². The molecule has 0 atom stereocenters. The van der Waals surface area contributed by atoms with E-state index < -0.39 is 0 Å². The van der Waals surface area contributed by atoms with Crippen molar-refractivity contribution >= 4 is 29.2 Å². The Morgan fingerprint density at radius 1 is 1.57 bits per heavy atom. The standard InChI is InChI=1S/C2H4.CH3NS2.Cu/c1-2;2-1(3)4;/h1-2H2;(H3,2,3,4);/q;;+1/p-1. The summed E-state index contributed by atoms with van der Waals surface area (Å²) in [6, 6.07) is 0. The van der Waals surface area contributed by atoms with Crippen molar-refractivity contribution in [3.05, 3.63) is 13.2 Å². The number of thiocarbonyl (C=S) groups is 1. The van der Waals surface area contributed by atoms with Crippen molar-refractivity contribution in [3.63, 3.8) is 0 Å². The summed E-state index contributed by atoms with van der Waals surface area (Å²) < 4.78 is 0.0833. The molecule has 0 aliphatic rings. The van der Waals surface area contributed by atoms with E-state index in [1.54, 1.807) is 0 Å². The van der Waals surface area contributed by atoms with E-state index in [0.29, 0.717) is 0 Å². The molecule has 1 nitrogen and oxygen atoms in total. The second-order valence-electron chi connectivity index (χ2n) is 0.319. The van der Waals surface area contributed by atoms with Gasteiger partial charge in [-0.1, -0.05) is 4.32 Å². The van der Waals surface area contributed by atoms with Gasteiger partial charge in [0.15, 0.2) is 0 Å². The van der Waals surface area contributed by atoms with E-state index in [-0.39, 0.29) is 21.4 Å². The molecule has 0 aromatic carbocycles. The van der Waals surface area contributed by atoms with Crippen LogP contribution in [0, 0.1) is 0 Å². The predicted molar refractivity (Wildman–Crippen MR) is 35.4 cm³/mol. The Balaban J connectivity index is -0.0000000480. The van der Waals surface area contributed by atoms with Crippen molar-refractivity contribution in [3.8, 4) is 0 Å². The normalized spacial score (nSPS) is 4.00. The summed E-state index contributed by atoms with van der Waals surface area (Å²) in [4.78, 5) is 0. The SMILES string of the molecule is C=C.NC(=S)[S-].[Cu+]. The zero-order valence-corrected chi connectivity index (χ0v) is 6.18. The molecule has 0 aromatic heterocycles. The van der Waals surface area contributed by atoms with Gasteiger partial charge in [0, 0.05) is 0 Å². The van der Waals surface area contributed by atoms with Gasteiger partial charge in [-0.15, -0.1) is 13.2 Å². The molecule has 46 valence electrons. The minimum atomic E-state index is 0. The maximum Gasteiger partial charge on any atom is 1.00 e. The van der Waals surface area contributed by atoms with Crippen molar-refractivity contribution < 1.29 is 17.1 Å². The average molecular weight is 184 g/mol. The van der Waals surface area contributed by atoms with E-state index in [9.17, 15) is 0 Å². The molecular weight excluding hydrogens is 178 g/mol. The maximum atomic E-state index is 4.66. The number of hydrogen-bond donors (Lipinski definition) is 1. The topological polar surface area (TPSA) is 26.0 Å². The van der Waals surface area contributed by atoms with Gasteiger partial charge in [-0.2, -0.15) is 0 Å². The molecule has 0 saturated heterocycles. The molecule has 0 saturated carbocycles. The van der Waals surface area contributed by atoms with Crippen molar-refractivity contribution in [1.29, 1.82) is 0 Å². The van der Waals surface area contributed by atoms with Gasteiger partial charge in [-0.3, -0.25) is 0 Å².